The zero-order valence-corrected chi connectivity index (χ0v) is 11.5. The fourth-order valence-electron chi connectivity index (χ4n) is 3.55. The van der Waals surface area contributed by atoms with E-state index in [9.17, 15) is 4.39 Å². The first-order valence-corrected chi connectivity index (χ1v) is 7.32. The molecule has 0 saturated heterocycles. The van der Waals surface area contributed by atoms with E-state index in [1.807, 2.05) is 0 Å². The van der Waals surface area contributed by atoms with Crippen LogP contribution in [0.2, 0.25) is 0 Å². The van der Waals surface area contributed by atoms with Crippen LogP contribution in [0.25, 0.3) is 0 Å². The largest absolute Gasteiger partial charge is 0.487 e. The van der Waals surface area contributed by atoms with Crippen LogP contribution in [-0.2, 0) is 0 Å². The van der Waals surface area contributed by atoms with Gasteiger partial charge in [-0.2, -0.15) is 0 Å². The first kappa shape index (κ1) is 12.9. The smallest absolute Gasteiger partial charge is 0.125 e. The van der Waals surface area contributed by atoms with Crippen LogP contribution in [0.15, 0.2) is 18.2 Å². The molecule has 1 fully saturated rings. The summed E-state index contributed by atoms with van der Waals surface area (Å²) in [4.78, 5) is 0. The van der Waals surface area contributed by atoms with Crippen LogP contribution in [0.5, 0.6) is 5.75 Å². The number of hydrogen-bond donors (Lipinski definition) is 1. The summed E-state index contributed by atoms with van der Waals surface area (Å²) in [6.07, 6.45) is 6.63. The Balaban J connectivity index is 1.89. The third kappa shape index (κ3) is 2.48. The van der Waals surface area contributed by atoms with Crippen LogP contribution in [0, 0.1) is 11.7 Å². The lowest BCUT2D eigenvalue weighted by Crippen LogP contribution is -2.42. The molecule has 0 aromatic heterocycles. The molecule has 0 bridgehead atoms. The van der Waals surface area contributed by atoms with Crippen molar-refractivity contribution in [3.8, 4) is 5.75 Å². The van der Waals surface area contributed by atoms with Crippen LogP contribution in [0.4, 0.5) is 4.39 Å². The molecule has 1 aromatic carbocycles. The predicted octanol–water partition coefficient (Wildman–Crippen LogP) is 3.95. The summed E-state index contributed by atoms with van der Waals surface area (Å²) < 4.78 is 19.6. The van der Waals surface area contributed by atoms with Crippen LogP contribution in [0.1, 0.15) is 57.1 Å². The minimum absolute atomic E-state index is 0.104. The molecule has 1 saturated carbocycles. The topological polar surface area (TPSA) is 35.2 Å². The first-order chi connectivity index (χ1) is 9.08. The third-order valence-electron chi connectivity index (χ3n) is 4.71. The van der Waals surface area contributed by atoms with Gasteiger partial charge in [-0.25, -0.2) is 4.39 Å². The molecule has 1 aromatic rings. The van der Waals surface area contributed by atoms with Gasteiger partial charge in [-0.15, -0.1) is 0 Å². The average molecular weight is 263 g/mol. The number of halogens is 1. The van der Waals surface area contributed by atoms with E-state index in [2.05, 4.69) is 6.92 Å². The molecule has 1 spiro atoms. The van der Waals surface area contributed by atoms with Gasteiger partial charge in [0.1, 0.15) is 17.2 Å². The molecule has 1 aliphatic carbocycles. The third-order valence-corrected chi connectivity index (χ3v) is 4.71. The molecule has 3 unspecified atom stereocenters. The Hall–Kier alpha value is -1.09. The zero-order valence-electron chi connectivity index (χ0n) is 11.5. The number of fused-ring (bicyclic) bond motifs is 1. The minimum atomic E-state index is -0.233. The maximum Gasteiger partial charge on any atom is 0.125 e. The van der Waals surface area contributed by atoms with Crippen LogP contribution in [0.3, 0.4) is 0 Å². The molecule has 2 aliphatic rings. The quantitative estimate of drug-likeness (QED) is 0.769. The fraction of sp³-hybridized carbons (Fsp3) is 0.625. The lowest BCUT2D eigenvalue weighted by molar-refractivity contribution is 0.0203. The normalized spacial score (nSPS) is 34.5. The fourth-order valence-corrected chi connectivity index (χ4v) is 3.55. The van der Waals surface area contributed by atoms with Crippen molar-refractivity contribution >= 4 is 0 Å². The van der Waals surface area contributed by atoms with E-state index in [4.69, 9.17) is 10.5 Å². The highest BCUT2D eigenvalue weighted by Crippen LogP contribution is 2.45. The Morgan fingerprint density at radius 3 is 3.00 bits per heavy atom. The van der Waals surface area contributed by atoms with Gasteiger partial charge >= 0.3 is 0 Å². The van der Waals surface area contributed by atoms with Gasteiger partial charge in [0, 0.05) is 18.0 Å². The van der Waals surface area contributed by atoms with Crippen molar-refractivity contribution in [3.05, 3.63) is 29.6 Å². The molecule has 0 amide bonds. The standard InChI is InChI=1S/C16H22FNO/c1-11-3-2-7-16(8-6-11)10-14(18)13-9-12(17)4-5-15(13)19-16/h4-5,9,11,14H,2-3,6-8,10,18H2,1H3. The highest BCUT2D eigenvalue weighted by atomic mass is 19.1. The second-order valence-electron chi connectivity index (χ2n) is 6.31. The molecule has 3 rings (SSSR count). The highest BCUT2D eigenvalue weighted by Gasteiger charge is 2.40. The van der Waals surface area contributed by atoms with E-state index in [0.29, 0.717) is 0 Å². The van der Waals surface area contributed by atoms with Crippen molar-refractivity contribution in [2.75, 3.05) is 0 Å². The summed E-state index contributed by atoms with van der Waals surface area (Å²) in [6, 6.07) is 4.61. The summed E-state index contributed by atoms with van der Waals surface area (Å²) in [6.45, 7) is 2.31. The van der Waals surface area contributed by atoms with E-state index in [-0.39, 0.29) is 17.5 Å². The number of hydrogen-bond acceptors (Lipinski definition) is 2. The Labute approximate surface area is 114 Å². The number of benzene rings is 1. The molecule has 19 heavy (non-hydrogen) atoms. The van der Waals surface area contributed by atoms with Gasteiger partial charge in [0.25, 0.3) is 0 Å². The number of rotatable bonds is 0. The molecule has 1 aliphatic heterocycles. The molecular weight excluding hydrogens is 241 g/mol. The summed E-state index contributed by atoms with van der Waals surface area (Å²) in [5, 5.41) is 0. The first-order valence-electron chi connectivity index (χ1n) is 7.32. The summed E-state index contributed by atoms with van der Waals surface area (Å²) in [5.41, 5.74) is 6.97. The van der Waals surface area contributed by atoms with Gasteiger partial charge < -0.3 is 10.5 Å². The van der Waals surface area contributed by atoms with Crippen molar-refractivity contribution in [2.24, 2.45) is 11.7 Å². The van der Waals surface area contributed by atoms with Crippen molar-refractivity contribution in [3.63, 3.8) is 0 Å². The lowest BCUT2D eigenvalue weighted by atomic mass is 9.82. The van der Waals surface area contributed by atoms with Gasteiger partial charge in [0.2, 0.25) is 0 Å². The molecule has 2 N–H and O–H groups in total. The Morgan fingerprint density at radius 2 is 2.16 bits per heavy atom. The van der Waals surface area contributed by atoms with E-state index >= 15 is 0 Å². The van der Waals surface area contributed by atoms with Crippen molar-refractivity contribution in [1.29, 1.82) is 0 Å². The zero-order chi connectivity index (χ0) is 13.5. The SMILES string of the molecule is CC1CCCC2(CC1)CC(N)c1cc(F)ccc1O2. The minimum Gasteiger partial charge on any atom is -0.487 e. The molecule has 0 radical (unpaired) electrons. The Bertz CT molecular complexity index is 476. The van der Waals surface area contributed by atoms with Crippen molar-refractivity contribution in [1.82, 2.24) is 0 Å². The highest BCUT2D eigenvalue weighted by molar-refractivity contribution is 5.39. The summed E-state index contributed by atoms with van der Waals surface area (Å²) in [5.74, 6) is 1.33. The van der Waals surface area contributed by atoms with Gasteiger partial charge in [0.05, 0.1) is 0 Å². The second kappa shape index (κ2) is 4.78. The van der Waals surface area contributed by atoms with E-state index in [0.717, 1.165) is 36.5 Å². The molecular formula is C16H22FNO. The van der Waals surface area contributed by atoms with Gasteiger partial charge in [-0.05, 0) is 49.8 Å². The summed E-state index contributed by atoms with van der Waals surface area (Å²) in [7, 11) is 0. The number of nitrogens with two attached hydrogens (primary N) is 1. The van der Waals surface area contributed by atoms with E-state index in [1.54, 1.807) is 6.07 Å². The maximum atomic E-state index is 13.3. The average Bonchev–Trinajstić information content (AvgIpc) is 2.54. The molecule has 1 heterocycles. The van der Waals surface area contributed by atoms with Crippen molar-refractivity contribution < 1.29 is 9.13 Å². The molecule has 104 valence electrons. The van der Waals surface area contributed by atoms with Gasteiger partial charge in [-0.3, -0.25) is 0 Å². The van der Waals surface area contributed by atoms with Gasteiger partial charge in [-0.1, -0.05) is 13.3 Å². The predicted molar refractivity (Wildman–Crippen MR) is 73.6 cm³/mol. The van der Waals surface area contributed by atoms with E-state index in [1.165, 1.54) is 31.4 Å². The molecule has 3 atom stereocenters. The van der Waals surface area contributed by atoms with Gasteiger partial charge in [0.15, 0.2) is 0 Å². The number of ether oxygens (including phenoxy) is 1. The Kier molecular flexibility index (Phi) is 3.25. The van der Waals surface area contributed by atoms with Crippen molar-refractivity contribution in [2.45, 2.75) is 57.1 Å². The van der Waals surface area contributed by atoms with Crippen LogP contribution in [-0.4, -0.2) is 5.60 Å². The van der Waals surface area contributed by atoms with Crippen LogP contribution >= 0.6 is 0 Å². The maximum absolute atomic E-state index is 13.3. The van der Waals surface area contributed by atoms with Crippen LogP contribution < -0.4 is 10.5 Å². The Morgan fingerprint density at radius 1 is 1.32 bits per heavy atom. The monoisotopic (exact) mass is 263 g/mol. The molecule has 3 heteroatoms. The van der Waals surface area contributed by atoms with E-state index < -0.39 is 0 Å². The second-order valence-corrected chi connectivity index (χ2v) is 6.31. The molecule has 2 nitrogen and oxygen atoms in total. The lowest BCUT2D eigenvalue weighted by Gasteiger charge is -2.41. The summed E-state index contributed by atoms with van der Waals surface area (Å²) >= 11 is 0.